The molecule has 0 bridgehead atoms. The average Bonchev–Trinajstić information content (AvgIpc) is 3.03. The highest BCUT2D eigenvalue weighted by atomic mass is 16.2. The predicted molar refractivity (Wildman–Crippen MR) is 111 cm³/mol. The second-order valence-corrected chi connectivity index (χ2v) is 7.56. The Balaban J connectivity index is 1.64. The number of hydrogen-bond acceptors (Lipinski definition) is 3. The molecule has 0 saturated carbocycles. The third-order valence-corrected chi connectivity index (χ3v) is 5.57. The molecule has 28 heavy (non-hydrogen) atoms. The molecular formula is C22H26N4O2. The lowest BCUT2D eigenvalue weighted by atomic mass is 9.97. The normalized spacial score (nSPS) is 15.6. The number of fused-ring (bicyclic) bond motifs is 3. The smallest absolute Gasteiger partial charge is 0.273 e. The molecule has 0 unspecified atom stereocenters. The molecule has 0 aliphatic heterocycles. The number of carbonyl (C=O) groups excluding carboxylic acids is 1. The summed E-state index contributed by atoms with van der Waals surface area (Å²) in [5.41, 5.74) is 3.43. The number of para-hydroxylation sites is 1. The van der Waals surface area contributed by atoms with E-state index >= 15 is 0 Å². The minimum absolute atomic E-state index is 0.0304. The number of nitrogens with zero attached hydrogens (tertiary/aromatic N) is 3. The third kappa shape index (κ3) is 3.35. The molecule has 1 aromatic carbocycles. The molecular weight excluding hydrogens is 352 g/mol. The molecule has 4 rings (SSSR count). The van der Waals surface area contributed by atoms with Crippen LogP contribution in [0.2, 0.25) is 0 Å². The minimum Gasteiger partial charge on any atom is -0.354 e. The lowest BCUT2D eigenvalue weighted by Crippen LogP contribution is -2.33. The lowest BCUT2D eigenvalue weighted by Gasteiger charge is -2.19. The Bertz CT molecular complexity index is 1120. The molecule has 146 valence electrons. The maximum atomic E-state index is 12.9. The molecule has 6 heteroatoms. The van der Waals surface area contributed by atoms with Crippen LogP contribution in [-0.2, 0) is 4.79 Å². The van der Waals surface area contributed by atoms with Crippen molar-refractivity contribution in [3.05, 3.63) is 58.0 Å². The van der Waals surface area contributed by atoms with E-state index in [1.165, 1.54) is 24.5 Å². The Kier molecular flexibility index (Phi) is 5.03. The van der Waals surface area contributed by atoms with Crippen molar-refractivity contribution in [2.24, 2.45) is 0 Å². The number of aromatic nitrogens is 3. The van der Waals surface area contributed by atoms with Crippen LogP contribution in [0.15, 0.2) is 46.8 Å². The number of hydrogen-bond donors (Lipinski definition) is 1. The summed E-state index contributed by atoms with van der Waals surface area (Å²) < 4.78 is 3.81. The van der Waals surface area contributed by atoms with Crippen molar-refractivity contribution in [1.29, 1.82) is 0 Å². The van der Waals surface area contributed by atoms with Gasteiger partial charge < -0.3 is 5.32 Å². The second-order valence-electron chi connectivity index (χ2n) is 7.56. The zero-order chi connectivity index (χ0) is 19.7. The van der Waals surface area contributed by atoms with Gasteiger partial charge in [-0.1, -0.05) is 23.8 Å². The van der Waals surface area contributed by atoms with Crippen LogP contribution >= 0.6 is 0 Å². The van der Waals surface area contributed by atoms with Crippen LogP contribution in [0.1, 0.15) is 50.8 Å². The number of allylic oxidation sites excluding steroid dienone is 1. The maximum absolute atomic E-state index is 12.9. The van der Waals surface area contributed by atoms with Crippen LogP contribution in [0.3, 0.4) is 0 Å². The molecule has 2 heterocycles. The number of rotatable bonds is 5. The van der Waals surface area contributed by atoms with Crippen LogP contribution in [0.5, 0.6) is 0 Å². The number of aryl methyl sites for hydroxylation is 1. The van der Waals surface area contributed by atoms with Crippen LogP contribution < -0.4 is 10.9 Å². The van der Waals surface area contributed by atoms with E-state index in [1.54, 1.807) is 0 Å². The van der Waals surface area contributed by atoms with Crippen molar-refractivity contribution in [3.63, 3.8) is 0 Å². The summed E-state index contributed by atoms with van der Waals surface area (Å²) in [4.78, 5) is 29.0. The van der Waals surface area contributed by atoms with Gasteiger partial charge in [-0.25, -0.2) is 4.52 Å². The molecule has 2 aromatic heterocycles. The molecule has 1 atom stereocenters. The first-order chi connectivity index (χ1) is 13.6. The fourth-order valence-corrected chi connectivity index (χ4v) is 4.13. The standard InChI is InChI=1S/C22H26N4O2/c1-15-14-20(27)24-21-18-10-6-7-11-19(18)26(25(15)21)16(2)22(28)23-13-12-17-8-4-3-5-9-17/h6-8,10-11,14,16H,3-5,9,12-13H2,1-2H3,(H,23,28)/t16-/m1/s1. The molecule has 0 spiro atoms. The summed E-state index contributed by atoms with van der Waals surface area (Å²) in [6.45, 7) is 4.41. The van der Waals surface area contributed by atoms with Gasteiger partial charge >= 0.3 is 0 Å². The molecule has 1 aliphatic carbocycles. The van der Waals surface area contributed by atoms with Crippen molar-refractivity contribution < 1.29 is 4.79 Å². The van der Waals surface area contributed by atoms with E-state index in [4.69, 9.17) is 0 Å². The van der Waals surface area contributed by atoms with Crippen molar-refractivity contribution in [3.8, 4) is 0 Å². The first-order valence-electron chi connectivity index (χ1n) is 10.0. The summed E-state index contributed by atoms with van der Waals surface area (Å²) in [5, 5.41) is 3.95. The van der Waals surface area contributed by atoms with E-state index in [2.05, 4.69) is 16.4 Å². The number of amides is 1. The molecule has 1 amide bonds. The molecule has 6 nitrogen and oxygen atoms in total. The Labute approximate surface area is 163 Å². The van der Waals surface area contributed by atoms with Gasteiger partial charge in [-0.15, -0.1) is 0 Å². The highest BCUT2D eigenvalue weighted by molar-refractivity contribution is 5.94. The first-order valence-corrected chi connectivity index (χ1v) is 10.0. The summed E-state index contributed by atoms with van der Waals surface area (Å²) in [6, 6.07) is 8.83. The van der Waals surface area contributed by atoms with Gasteiger partial charge in [-0.2, -0.15) is 4.98 Å². The quantitative estimate of drug-likeness (QED) is 0.691. The van der Waals surface area contributed by atoms with Crippen LogP contribution in [0.25, 0.3) is 16.6 Å². The SMILES string of the molecule is Cc1cc(=O)nc2c3ccccc3n([C@H](C)C(=O)NCCC3=CCCCC3)n12. The van der Waals surface area contributed by atoms with Crippen LogP contribution in [0.4, 0.5) is 0 Å². The van der Waals surface area contributed by atoms with E-state index in [-0.39, 0.29) is 11.5 Å². The largest absolute Gasteiger partial charge is 0.354 e. The number of carbonyl (C=O) groups is 1. The minimum atomic E-state index is -0.425. The van der Waals surface area contributed by atoms with E-state index in [0.29, 0.717) is 12.2 Å². The highest BCUT2D eigenvalue weighted by Gasteiger charge is 2.22. The summed E-state index contributed by atoms with van der Waals surface area (Å²) in [7, 11) is 0. The number of benzene rings is 1. The average molecular weight is 378 g/mol. The lowest BCUT2D eigenvalue weighted by molar-refractivity contribution is -0.124. The zero-order valence-electron chi connectivity index (χ0n) is 16.4. The molecule has 1 N–H and O–H groups in total. The Hall–Kier alpha value is -2.89. The van der Waals surface area contributed by atoms with Gasteiger partial charge in [0.1, 0.15) is 6.04 Å². The molecule has 0 fully saturated rings. The van der Waals surface area contributed by atoms with Crippen LogP contribution in [0, 0.1) is 6.92 Å². The third-order valence-electron chi connectivity index (χ3n) is 5.57. The zero-order valence-corrected chi connectivity index (χ0v) is 16.4. The molecule has 1 aliphatic rings. The van der Waals surface area contributed by atoms with Gasteiger partial charge in [0.05, 0.1) is 5.52 Å². The van der Waals surface area contributed by atoms with E-state index in [1.807, 2.05) is 47.3 Å². The van der Waals surface area contributed by atoms with Crippen molar-refractivity contribution >= 4 is 22.5 Å². The highest BCUT2D eigenvalue weighted by Crippen LogP contribution is 2.25. The maximum Gasteiger partial charge on any atom is 0.273 e. The van der Waals surface area contributed by atoms with E-state index in [9.17, 15) is 9.59 Å². The number of nitrogens with one attached hydrogen (secondary N) is 1. The molecule has 0 radical (unpaired) electrons. The van der Waals surface area contributed by atoms with Crippen molar-refractivity contribution in [2.75, 3.05) is 6.54 Å². The van der Waals surface area contributed by atoms with E-state index in [0.717, 1.165) is 35.9 Å². The predicted octanol–water partition coefficient (Wildman–Crippen LogP) is 3.53. The van der Waals surface area contributed by atoms with E-state index < -0.39 is 6.04 Å². The summed E-state index contributed by atoms with van der Waals surface area (Å²) in [6.07, 6.45) is 8.07. The fraction of sp³-hybridized carbons (Fsp3) is 0.409. The molecule has 3 aromatic rings. The summed E-state index contributed by atoms with van der Waals surface area (Å²) >= 11 is 0. The van der Waals surface area contributed by atoms with Crippen LogP contribution in [-0.4, -0.2) is 26.6 Å². The Morgan fingerprint density at radius 3 is 2.89 bits per heavy atom. The summed E-state index contributed by atoms with van der Waals surface area (Å²) in [5.74, 6) is -0.0304. The van der Waals surface area contributed by atoms with Crippen molar-refractivity contribution in [1.82, 2.24) is 19.5 Å². The Morgan fingerprint density at radius 1 is 1.29 bits per heavy atom. The Morgan fingerprint density at radius 2 is 2.11 bits per heavy atom. The van der Waals surface area contributed by atoms with Gasteiger partial charge in [-0.3, -0.25) is 14.3 Å². The first kappa shape index (κ1) is 18.5. The van der Waals surface area contributed by atoms with Gasteiger partial charge in [0, 0.05) is 23.7 Å². The fourth-order valence-electron chi connectivity index (χ4n) is 4.13. The van der Waals surface area contributed by atoms with Crippen molar-refractivity contribution in [2.45, 2.75) is 52.0 Å². The van der Waals surface area contributed by atoms with Gasteiger partial charge in [-0.05, 0) is 58.1 Å². The van der Waals surface area contributed by atoms with Gasteiger partial charge in [0.15, 0.2) is 5.65 Å². The van der Waals surface area contributed by atoms with Gasteiger partial charge in [0.25, 0.3) is 5.56 Å². The second kappa shape index (κ2) is 7.62. The van der Waals surface area contributed by atoms with Gasteiger partial charge in [0.2, 0.25) is 5.91 Å². The monoisotopic (exact) mass is 378 g/mol. The molecule has 0 saturated heterocycles. The topological polar surface area (TPSA) is 68.4 Å².